The molecule has 0 bridgehead atoms. The van der Waals surface area contributed by atoms with Crippen molar-refractivity contribution in [1.82, 2.24) is 4.90 Å². The number of ketones is 1. The third kappa shape index (κ3) is 4.95. The highest BCUT2D eigenvalue weighted by Crippen LogP contribution is 2.29. The second-order valence-electron chi connectivity index (χ2n) is 7.99. The number of Topliss-reactive ketones (excluding diaryl/α,β-unsaturated/α-hetero) is 1. The quantitative estimate of drug-likeness (QED) is 0.756. The molecule has 2 rings (SSSR count). The van der Waals surface area contributed by atoms with E-state index in [-0.39, 0.29) is 11.2 Å². The summed E-state index contributed by atoms with van der Waals surface area (Å²) in [5.41, 5.74) is 4.15. The Morgan fingerprint density at radius 2 is 2.00 bits per heavy atom. The van der Waals surface area contributed by atoms with Gasteiger partial charge in [-0.25, -0.2) is 0 Å². The van der Waals surface area contributed by atoms with E-state index in [1.165, 1.54) is 24.0 Å². The molecular formula is C21H31NO. The van der Waals surface area contributed by atoms with Crippen LogP contribution in [-0.2, 0) is 16.6 Å². The number of hydrogen-bond donors (Lipinski definition) is 0. The van der Waals surface area contributed by atoms with Gasteiger partial charge in [-0.1, -0.05) is 51.6 Å². The van der Waals surface area contributed by atoms with E-state index in [1.54, 1.807) is 6.92 Å². The minimum Gasteiger partial charge on any atom is -0.375 e. The molecule has 1 saturated heterocycles. The minimum atomic E-state index is 0.202. The van der Waals surface area contributed by atoms with Gasteiger partial charge in [-0.05, 0) is 48.6 Å². The molecule has 0 amide bonds. The molecule has 1 fully saturated rings. The molecule has 0 N–H and O–H groups in total. The van der Waals surface area contributed by atoms with Crippen LogP contribution in [0, 0.1) is 5.92 Å². The lowest BCUT2D eigenvalue weighted by Crippen LogP contribution is -2.21. The van der Waals surface area contributed by atoms with Crippen molar-refractivity contribution in [3.8, 4) is 0 Å². The van der Waals surface area contributed by atoms with E-state index < -0.39 is 0 Å². The lowest BCUT2D eigenvalue weighted by atomic mass is 9.82. The third-order valence-corrected chi connectivity index (χ3v) is 4.83. The lowest BCUT2D eigenvalue weighted by molar-refractivity contribution is -0.116. The van der Waals surface area contributed by atoms with Crippen molar-refractivity contribution < 1.29 is 4.79 Å². The average molecular weight is 313 g/mol. The topological polar surface area (TPSA) is 20.3 Å². The molecule has 0 spiro atoms. The first-order chi connectivity index (χ1) is 10.8. The summed E-state index contributed by atoms with van der Waals surface area (Å²) in [7, 11) is 0. The van der Waals surface area contributed by atoms with Crippen LogP contribution in [0.25, 0.3) is 0 Å². The fourth-order valence-corrected chi connectivity index (χ4v) is 3.58. The van der Waals surface area contributed by atoms with E-state index >= 15 is 0 Å². The van der Waals surface area contributed by atoms with Crippen molar-refractivity contribution in [3.05, 3.63) is 47.7 Å². The number of nitrogens with zero attached hydrogens (tertiary/aromatic N) is 1. The van der Waals surface area contributed by atoms with Crippen LogP contribution in [0.15, 0.2) is 36.5 Å². The van der Waals surface area contributed by atoms with Crippen molar-refractivity contribution in [1.29, 1.82) is 0 Å². The van der Waals surface area contributed by atoms with Gasteiger partial charge in [0.05, 0.1) is 0 Å². The van der Waals surface area contributed by atoms with Crippen LogP contribution in [0.2, 0.25) is 0 Å². The molecule has 126 valence electrons. The Kier molecular flexibility index (Phi) is 5.67. The van der Waals surface area contributed by atoms with Gasteiger partial charge in [0.15, 0.2) is 0 Å². The van der Waals surface area contributed by atoms with Gasteiger partial charge in [-0.3, -0.25) is 4.79 Å². The Balaban J connectivity index is 1.91. The maximum absolute atomic E-state index is 11.2. The molecule has 2 nitrogen and oxygen atoms in total. The molecule has 1 atom stereocenters. The Morgan fingerprint density at radius 3 is 2.65 bits per heavy atom. The fraction of sp³-hybridized carbons (Fsp3) is 0.571. The van der Waals surface area contributed by atoms with E-state index in [9.17, 15) is 4.79 Å². The predicted molar refractivity (Wildman–Crippen MR) is 97.6 cm³/mol. The van der Waals surface area contributed by atoms with Gasteiger partial charge < -0.3 is 4.90 Å². The second-order valence-corrected chi connectivity index (χ2v) is 7.99. The zero-order chi connectivity index (χ0) is 17.0. The van der Waals surface area contributed by atoms with Crippen LogP contribution in [-0.4, -0.2) is 23.8 Å². The van der Waals surface area contributed by atoms with Crippen molar-refractivity contribution in [2.75, 3.05) is 13.1 Å². The summed E-state index contributed by atoms with van der Waals surface area (Å²) < 4.78 is 0. The summed E-state index contributed by atoms with van der Waals surface area (Å²) in [6, 6.07) is 8.85. The van der Waals surface area contributed by atoms with Crippen LogP contribution in [0.3, 0.4) is 0 Å². The number of benzene rings is 1. The molecule has 1 heterocycles. The first-order valence-corrected chi connectivity index (χ1v) is 8.78. The molecule has 1 unspecified atom stereocenters. The first-order valence-electron chi connectivity index (χ1n) is 8.78. The minimum absolute atomic E-state index is 0.202. The zero-order valence-electron chi connectivity index (χ0n) is 15.2. The highest BCUT2D eigenvalue weighted by atomic mass is 16.1. The van der Waals surface area contributed by atoms with Crippen molar-refractivity contribution in [2.45, 2.75) is 58.8 Å². The van der Waals surface area contributed by atoms with E-state index in [0.29, 0.717) is 12.3 Å². The van der Waals surface area contributed by atoms with Crippen LogP contribution in [0.5, 0.6) is 0 Å². The highest BCUT2D eigenvalue weighted by molar-refractivity contribution is 5.77. The van der Waals surface area contributed by atoms with Gasteiger partial charge in [0.25, 0.3) is 0 Å². The van der Waals surface area contributed by atoms with Crippen LogP contribution >= 0.6 is 0 Å². The van der Waals surface area contributed by atoms with Crippen LogP contribution in [0.1, 0.15) is 58.1 Å². The Morgan fingerprint density at radius 1 is 1.30 bits per heavy atom. The molecule has 0 aromatic heterocycles. The molecular weight excluding hydrogens is 282 g/mol. The highest BCUT2D eigenvalue weighted by Gasteiger charge is 2.24. The summed E-state index contributed by atoms with van der Waals surface area (Å²) in [6.07, 6.45) is 4.08. The van der Waals surface area contributed by atoms with Gasteiger partial charge >= 0.3 is 0 Å². The summed E-state index contributed by atoms with van der Waals surface area (Å²) in [5.74, 6) is 0.921. The third-order valence-electron chi connectivity index (χ3n) is 4.83. The molecule has 1 aromatic carbocycles. The number of likely N-dealkylation sites (tertiary alicyclic amines) is 1. The van der Waals surface area contributed by atoms with E-state index in [0.717, 1.165) is 25.2 Å². The summed E-state index contributed by atoms with van der Waals surface area (Å²) in [5, 5.41) is 0. The van der Waals surface area contributed by atoms with Crippen molar-refractivity contribution >= 4 is 5.78 Å². The smallest absolute Gasteiger partial charge is 0.135 e. The molecule has 0 radical (unpaired) electrons. The molecule has 1 aliphatic rings. The van der Waals surface area contributed by atoms with Crippen LogP contribution < -0.4 is 0 Å². The fourth-order valence-electron chi connectivity index (χ4n) is 3.58. The van der Waals surface area contributed by atoms with Gasteiger partial charge in [0, 0.05) is 25.2 Å². The van der Waals surface area contributed by atoms with E-state index in [1.807, 2.05) is 0 Å². The summed E-state index contributed by atoms with van der Waals surface area (Å²) in [6.45, 7) is 14.7. The molecule has 1 aromatic rings. The van der Waals surface area contributed by atoms with E-state index in [2.05, 4.69) is 56.5 Å². The standard InChI is InChI=1S/C21H31NO/c1-16(14-17(2)23)22-13-12-18(15-22)10-11-19-8-6-7-9-20(19)21(3,4)5/h6-9,18H,1,10-15H2,2-5H3. The van der Waals surface area contributed by atoms with Gasteiger partial charge in [0.2, 0.25) is 0 Å². The Labute approximate surface area is 141 Å². The number of hydrogen-bond acceptors (Lipinski definition) is 2. The van der Waals surface area contributed by atoms with Gasteiger partial charge in [-0.15, -0.1) is 0 Å². The number of carbonyl (C=O) groups is 1. The van der Waals surface area contributed by atoms with Gasteiger partial charge in [0.1, 0.15) is 5.78 Å². The number of aryl methyl sites for hydroxylation is 1. The zero-order valence-corrected chi connectivity index (χ0v) is 15.2. The van der Waals surface area contributed by atoms with E-state index in [4.69, 9.17) is 0 Å². The monoisotopic (exact) mass is 313 g/mol. The van der Waals surface area contributed by atoms with Crippen molar-refractivity contribution in [2.24, 2.45) is 5.92 Å². The molecule has 0 aliphatic carbocycles. The predicted octanol–water partition coefficient (Wildman–Crippen LogP) is 4.73. The Bertz CT molecular complexity index is 567. The second kappa shape index (κ2) is 7.33. The lowest BCUT2D eigenvalue weighted by Gasteiger charge is -2.24. The summed E-state index contributed by atoms with van der Waals surface area (Å²) >= 11 is 0. The van der Waals surface area contributed by atoms with Gasteiger partial charge in [-0.2, -0.15) is 0 Å². The van der Waals surface area contributed by atoms with Crippen LogP contribution in [0.4, 0.5) is 0 Å². The summed E-state index contributed by atoms with van der Waals surface area (Å²) in [4.78, 5) is 13.6. The number of allylic oxidation sites excluding steroid dienone is 1. The number of rotatable bonds is 6. The molecule has 0 saturated carbocycles. The number of carbonyl (C=O) groups excluding carboxylic acids is 1. The average Bonchev–Trinajstić information content (AvgIpc) is 2.93. The normalized spacial score (nSPS) is 18.3. The Hall–Kier alpha value is -1.57. The van der Waals surface area contributed by atoms with Crippen molar-refractivity contribution in [3.63, 3.8) is 0 Å². The first kappa shape index (κ1) is 17.8. The maximum Gasteiger partial charge on any atom is 0.135 e. The maximum atomic E-state index is 11.2. The largest absolute Gasteiger partial charge is 0.375 e. The molecule has 23 heavy (non-hydrogen) atoms. The molecule has 1 aliphatic heterocycles. The molecule has 2 heteroatoms. The SMILES string of the molecule is C=C(CC(C)=O)N1CCC(CCc2ccccc2C(C)(C)C)C1.